The number of halogens is 2. The number of nitrogens with zero attached hydrogens (tertiary/aromatic N) is 4. The maximum absolute atomic E-state index is 14.8. The molecule has 2 aliphatic heterocycles. The number of hydrogen-bond donors (Lipinski definition) is 1. The van der Waals surface area contributed by atoms with Crippen LogP contribution >= 0.6 is 0 Å². The van der Waals surface area contributed by atoms with E-state index in [0.717, 1.165) is 24.3 Å². The third-order valence-corrected chi connectivity index (χ3v) is 7.40. The molecule has 0 radical (unpaired) electrons. The van der Waals surface area contributed by atoms with Crippen molar-refractivity contribution in [2.75, 3.05) is 50.7 Å². The van der Waals surface area contributed by atoms with Crippen LogP contribution in [0.2, 0.25) is 0 Å². The first-order valence-corrected chi connectivity index (χ1v) is 14.5. The van der Waals surface area contributed by atoms with E-state index in [1.165, 1.54) is 24.3 Å². The minimum atomic E-state index is -0.745. The van der Waals surface area contributed by atoms with Crippen LogP contribution in [0.25, 0.3) is 11.3 Å². The minimum Gasteiger partial charge on any atom is -0.497 e. The maximum atomic E-state index is 14.8. The number of benzene rings is 2. The lowest BCUT2D eigenvalue weighted by Crippen LogP contribution is -2.36. The number of pyridine rings is 2. The Hall–Kier alpha value is -4.77. The molecule has 2 aromatic heterocycles. The van der Waals surface area contributed by atoms with E-state index in [4.69, 9.17) is 14.2 Å². The standard InChI is InChI=1S/C31H29F2N5O4.C2H6/c1-40-21-8-6-19(27(14-21)41-2)17-38-18-26-30(31(38)39)25(15-24(35-26)29-22(32)4-3-5-23(29)33)36-28-9-7-20(16-34-28)37-10-12-42-13-11-37;1-2/h3-9,14-16H,10-13,17-18H2,1-2H3,(H,34,35,36);1-2H3. The number of nitrogens with one attached hydrogen (secondary N) is 1. The molecule has 6 rings (SSSR count). The molecule has 0 saturated carbocycles. The van der Waals surface area contributed by atoms with Crippen molar-refractivity contribution >= 4 is 23.1 Å². The highest BCUT2D eigenvalue weighted by molar-refractivity contribution is 6.04. The van der Waals surface area contributed by atoms with E-state index >= 15 is 0 Å². The predicted molar refractivity (Wildman–Crippen MR) is 165 cm³/mol. The third kappa shape index (κ3) is 6.28. The van der Waals surface area contributed by atoms with Crippen molar-refractivity contribution in [2.24, 2.45) is 0 Å². The summed E-state index contributed by atoms with van der Waals surface area (Å²) in [5, 5.41) is 3.21. The van der Waals surface area contributed by atoms with Crippen LogP contribution in [0.5, 0.6) is 11.5 Å². The van der Waals surface area contributed by atoms with Gasteiger partial charge in [0.25, 0.3) is 5.91 Å². The molecule has 1 fully saturated rings. The second-order valence-electron chi connectivity index (χ2n) is 9.94. The second-order valence-corrected chi connectivity index (χ2v) is 9.94. The van der Waals surface area contributed by atoms with Crippen molar-refractivity contribution in [3.05, 3.63) is 89.2 Å². The highest BCUT2D eigenvalue weighted by Crippen LogP contribution is 2.37. The number of rotatable bonds is 8. The fraction of sp³-hybridized carbons (Fsp3) is 0.303. The van der Waals surface area contributed by atoms with Gasteiger partial charge in [-0.15, -0.1) is 0 Å². The van der Waals surface area contributed by atoms with Crippen LogP contribution in [0.15, 0.2) is 60.8 Å². The van der Waals surface area contributed by atoms with Crippen LogP contribution in [0.1, 0.15) is 35.5 Å². The van der Waals surface area contributed by atoms with E-state index in [0.29, 0.717) is 47.5 Å². The van der Waals surface area contributed by atoms with Gasteiger partial charge in [0.15, 0.2) is 0 Å². The van der Waals surface area contributed by atoms with Crippen LogP contribution in [0.3, 0.4) is 0 Å². The fourth-order valence-corrected chi connectivity index (χ4v) is 5.25. The molecule has 9 nitrogen and oxygen atoms in total. The summed E-state index contributed by atoms with van der Waals surface area (Å²) in [6.45, 7) is 7.22. The van der Waals surface area contributed by atoms with Crippen LogP contribution in [-0.2, 0) is 17.8 Å². The molecule has 0 spiro atoms. The van der Waals surface area contributed by atoms with Gasteiger partial charge in [0, 0.05) is 24.7 Å². The molecule has 44 heavy (non-hydrogen) atoms. The van der Waals surface area contributed by atoms with Crippen LogP contribution in [0.4, 0.5) is 26.0 Å². The zero-order valence-electron chi connectivity index (χ0n) is 25.2. The SMILES string of the molecule is CC.COc1ccc(CN2Cc3nc(-c4c(F)cccc4F)cc(Nc4ccc(N5CCOCC5)cn4)c3C2=O)c(OC)c1. The first kappa shape index (κ1) is 30.7. The van der Waals surface area contributed by atoms with Crippen molar-refractivity contribution in [3.8, 4) is 22.8 Å². The molecule has 0 unspecified atom stereocenters. The Morgan fingerprint density at radius 2 is 1.70 bits per heavy atom. The molecule has 1 saturated heterocycles. The fourth-order valence-electron chi connectivity index (χ4n) is 5.25. The molecule has 230 valence electrons. The molecule has 1 N–H and O–H groups in total. The summed E-state index contributed by atoms with van der Waals surface area (Å²) in [6.07, 6.45) is 1.75. The third-order valence-electron chi connectivity index (χ3n) is 7.40. The van der Waals surface area contributed by atoms with Crippen molar-refractivity contribution in [2.45, 2.75) is 26.9 Å². The van der Waals surface area contributed by atoms with Crippen LogP contribution < -0.4 is 19.7 Å². The summed E-state index contributed by atoms with van der Waals surface area (Å²) in [6, 6.07) is 14.3. The first-order valence-electron chi connectivity index (χ1n) is 14.5. The van der Waals surface area contributed by atoms with Crippen LogP contribution in [0, 0.1) is 11.6 Å². The van der Waals surface area contributed by atoms with E-state index in [1.54, 1.807) is 43.5 Å². The topological polar surface area (TPSA) is 89.0 Å². The van der Waals surface area contributed by atoms with Crippen molar-refractivity contribution in [1.29, 1.82) is 0 Å². The normalized spacial score (nSPS) is 14.1. The Kier molecular flexibility index (Phi) is 9.54. The Bertz CT molecular complexity index is 1610. The number of ether oxygens (including phenoxy) is 3. The molecule has 4 heterocycles. The van der Waals surface area contributed by atoms with Gasteiger partial charge in [-0.25, -0.2) is 18.7 Å². The minimum absolute atomic E-state index is 0.0773. The number of anilines is 3. The number of fused-ring (bicyclic) bond motifs is 1. The summed E-state index contributed by atoms with van der Waals surface area (Å²) in [5.74, 6) is -0.0885. The number of morpholine rings is 1. The van der Waals surface area contributed by atoms with Crippen molar-refractivity contribution in [1.82, 2.24) is 14.9 Å². The Labute approximate surface area is 255 Å². The smallest absolute Gasteiger partial charge is 0.258 e. The molecule has 0 atom stereocenters. The van der Waals surface area contributed by atoms with Gasteiger partial charge >= 0.3 is 0 Å². The highest BCUT2D eigenvalue weighted by atomic mass is 19.1. The maximum Gasteiger partial charge on any atom is 0.258 e. The summed E-state index contributed by atoms with van der Waals surface area (Å²) in [4.78, 5) is 26.7. The van der Waals surface area contributed by atoms with E-state index in [-0.39, 0.29) is 30.3 Å². The monoisotopic (exact) mass is 603 g/mol. The van der Waals surface area contributed by atoms with Gasteiger partial charge in [-0.05, 0) is 42.5 Å². The molecule has 0 bridgehead atoms. The largest absolute Gasteiger partial charge is 0.497 e. The Morgan fingerprint density at radius 3 is 2.36 bits per heavy atom. The van der Waals surface area contributed by atoms with Gasteiger partial charge < -0.3 is 29.3 Å². The summed E-state index contributed by atoms with van der Waals surface area (Å²) < 4.78 is 45.9. The second kappa shape index (κ2) is 13.7. The zero-order chi connectivity index (χ0) is 31.2. The number of methoxy groups -OCH3 is 2. The van der Waals surface area contributed by atoms with Gasteiger partial charge in [-0.2, -0.15) is 0 Å². The number of carbonyl (C=O) groups is 1. The number of aromatic nitrogens is 2. The summed E-state index contributed by atoms with van der Waals surface area (Å²) in [7, 11) is 3.12. The molecule has 11 heteroatoms. The summed E-state index contributed by atoms with van der Waals surface area (Å²) in [5.41, 5.74) is 2.62. The number of hydrogen-bond acceptors (Lipinski definition) is 8. The molecule has 2 aromatic carbocycles. The molecule has 0 aliphatic carbocycles. The van der Waals surface area contributed by atoms with Gasteiger partial charge in [0.05, 0.1) is 80.6 Å². The quantitative estimate of drug-likeness (QED) is 0.255. The zero-order valence-corrected chi connectivity index (χ0v) is 25.2. The molecular weight excluding hydrogens is 568 g/mol. The van der Waals surface area contributed by atoms with E-state index in [2.05, 4.69) is 20.2 Å². The molecule has 4 aromatic rings. The van der Waals surface area contributed by atoms with Gasteiger partial charge in [0.1, 0.15) is 29.0 Å². The Balaban J connectivity index is 0.00000188. The lowest BCUT2D eigenvalue weighted by atomic mass is 10.1. The van der Waals surface area contributed by atoms with Crippen molar-refractivity contribution in [3.63, 3.8) is 0 Å². The molecule has 1 amide bonds. The first-order chi connectivity index (χ1) is 21.4. The number of carbonyl (C=O) groups excluding carboxylic acids is 1. The van der Waals surface area contributed by atoms with Crippen LogP contribution in [-0.4, -0.2) is 61.3 Å². The van der Waals surface area contributed by atoms with E-state index in [1.807, 2.05) is 26.0 Å². The van der Waals surface area contributed by atoms with E-state index in [9.17, 15) is 13.6 Å². The van der Waals surface area contributed by atoms with Gasteiger partial charge in [0.2, 0.25) is 0 Å². The average molecular weight is 604 g/mol. The lowest BCUT2D eigenvalue weighted by molar-refractivity contribution is 0.0766. The number of amides is 1. The van der Waals surface area contributed by atoms with Crippen molar-refractivity contribution < 1.29 is 27.8 Å². The van der Waals surface area contributed by atoms with Gasteiger partial charge in [-0.1, -0.05) is 19.9 Å². The average Bonchev–Trinajstić information content (AvgIpc) is 3.37. The lowest BCUT2D eigenvalue weighted by Gasteiger charge is -2.28. The van der Waals surface area contributed by atoms with E-state index < -0.39 is 11.6 Å². The molecular formula is C33H35F2N5O4. The predicted octanol–water partition coefficient (Wildman–Crippen LogP) is 6.20. The summed E-state index contributed by atoms with van der Waals surface area (Å²) >= 11 is 0. The Morgan fingerprint density at radius 1 is 0.955 bits per heavy atom. The van der Waals surface area contributed by atoms with Gasteiger partial charge in [-0.3, -0.25) is 4.79 Å². The highest BCUT2D eigenvalue weighted by Gasteiger charge is 2.33. The molecule has 2 aliphatic rings.